The number of rotatable bonds is 2. The second-order valence-corrected chi connectivity index (χ2v) is 3.09. The molecule has 0 heterocycles. The van der Waals surface area contributed by atoms with Crippen molar-refractivity contribution in [3.8, 4) is 0 Å². The molecule has 0 atom stereocenters. The quantitative estimate of drug-likeness (QED) is 0.415. The first-order valence-electron chi connectivity index (χ1n) is 3.94. The SMILES string of the molecule is Cc1cc(C)c([N-][N+](=O)[O-])c(C)c1.[Br-].[Mg+2]. The molecular weight excluding hydrogens is 272 g/mol. The summed E-state index contributed by atoms with van der Waals surface area (Å²) in [6.07, 6.45) is 0. The van der Waals surface area contributed by atoms with E-state index in [1.165, 1.54) is 0 Å². The van der Waals surface area contributed by atoms with Crippen LogP contribution in [0.4, 0.5) is 5.69 Å². The van der Waals surface area contributed by atoms with E-state index in [0.29, 0.717) is 5.69 Å². The van der Waals surface area contributed by atoms with Gasteiger partial charge in [-0.2, -0.15) is 0 Å². The second-order valence-electron chi connectivity index (χ2n) is 3.09. The maximum atomic E-state index is 10.2. The van der Waals surface area contributed by atoms with Crippen molar-refractivity contribution in [1.82, 2.24) is 0 Å². The molecule has 0 amide bonds. The maximum absolute atomic E-state index is 10.2. The summed E-state index contributed by atoms with van der Waals surface area (Å²) in [4.78, 5) is 10.2. The molecule has 1 rings (SSSR count). The van der Waals surface area contributed by atoms with Gasteiger partial charge in [0.1, 0.15) is 0 Å². The van der Waals surface area contributed by atoms with Crippen LogP contribution in [0.1, 0.15) is 16.7 Å². The van der Waals surface area contributed by atoms with Crippen molar-refractivity contribution in [3.05, 3.63) is 44.4 Å². The normalized spacial score (nSPS) is 8.47. The number of nitrogens with zero attached hydrogens (tertiary/aromatic N) is 2. The standard InChI is InChI=1S/C9H11N2O2.BrH.Mg/c1-6-4-7(2)9(8(3)5-6)10-11(12)13;;/h4-5H,1-3H3;1H;/q-1;;+2/p-1. The number of halogens is 1. The van der Waals surface area contributed by atoms with Crippen LogP contribution in [0.3, 0.4) is 0 Å². The molecule has 1 aromatic carbocycles. The van der Waals surface area contributed by atoms with E-state index in [1.54, 1.807) is 0 Å². The van der Waals surface area contributed by atoms with Crippen molar-refractivity contribution in [2.24, 2.45) is 0 Å². The molecule has 0 aliphatic rings. The van der Waals surface area contributed by atoms with Crippen LogP contribution in [-0.4, -0.2) is 28.1 Å². The fourth-order valence-corrected chi connectivity index (χ4v) is 1.41. The van der Waals surface area contributed by atoms with E-state index in [4.69, 9.17) is 0 Å². The zero-order valence-electron chi connectivity index (χ0n) is 8.95. The first-order valence-corrected chi connectivity index (χ1v) is 3.94. The van der Waals surface area contributed by atoms with Crippen LogP contribution in [0.25, 0.3) is 5.43 Å². The number of benzene rings is 1. The van der Waals surface area contributed by atoms with E-state index in [2.05, 4.69) is 5.43 Å². The molecule has 0 N–H and O–H groups in total. The molecule has 0 aliphatic carbocycles. The van der Waals surface area contributed by atoms with E-state index >= 15 is 0 Å². The molecule has 4 nitrogen and oxygen atoms in total. The molecule has 6 heteroatoms. The van der Waals surface area contributed by atoms with Crippen molar-refractivity contribution in [2.75, 3.05) is 0 Å². The summed E-state index contributed by atoms with van der Waals surface area (Å²) in [7, 11) is 0. The average molecular weight is 283 g/mol. The smallest absolute Gasteiger partial charge is 1.00 e. The number of hydrogen-bond donors (Lipinski definition) is 0. The Morgan fingerprint density at radius 1 is 1.20 bits per heavy atom. The van der Waals surface area contributed by atoms with Gasteiger partial charge in [-0.3, -0.25) is 10.1 Å². The van der Waals surface area contributed by atoms with E-state index in [0.717, 1.165) is 16.7 Å². The van der Waals surface area contributed by atoms with Crippen LogP contribution in [0.2, 0.25) is 0 Å². The summed E-state index contributed by atoms with van der Waals surface area (Å²) in [6.45, 7) is 5.60. The van der Waals surface area contributed by atoms with Gasteiger partial charge >= 0.3 is 23.1 Å². The van der Waals surface area contributed by atoms with Crippen LogP contribution in [0.5, 0.6) is 0 Å². The van der Waals surface area contributed by atoms with Gasteiger partial charge in [-0.25, -0.2) is 0 Å². The van der Waals surface area contributed by atoms with Crippen molar-refractivity contribution >= 4 is 28.7 Å². The summed E-state index contributed by atoms with van der Waals surface area (Å²) >= 11 is 0. The van der Waals surface area contributed by atoms with Gasteiger partial charge in [0.25, 0.3) is 0 Å². The van der Waals surface area contributed by atoms with Gasteiger partial charge < -0.3 is 22.4 Å². The Morgan fingerprint density at radius 2 is 1.60 bits per heavy atom. The minimum Gasteiger partial charge on any atom is -1.00 e. The van der Waals surface area contributed by atoms with Crippen LogP contribution in [0.15, 0.2) is 12.1 Å². The molecule has 0 fully saturated rings. The molecular formula is C9H11BrMgN2O2. The third-order valence-corrected chi connectivity index (χ3v) is 1.82. The second kappa shape index (κ2) is 7.03. The van der Waals surface area contributed by atoms with Crippen LogP contribution in [-0.2, 0) is 0 Å². The number of hydrogen-bond acceptors (Lipinski definition) is 2. The van der Waals surface area contributed by atoms with Crippen molar-refractivity contribution < 1.29 is 22.0 Å². The fourth-order valence-electron chi connectivity index (χ4n) is 1.41. The van der Waals surface area contributed by atoms with Gasteiger partial charge in [0, 0.05) is 0 Å². The van der Waals surface area contributed by atoms with Crippen LogP contribution in [0, 0.1) is 30.9 Å². The van der Waals surface area contributed by atoms with E-state index in [9.17, 15) is 10.1 Å². The minimum absolute atomic E-state index is 0. The predicted molar refractivity (Wildman–Crippen MR) is 56.4 cm³/mol. The Hall–Kier alpha value is -0.334. The predicted octanol–water partition coefficient (Wildman–Crippen LogP) is -0.568. The van der Waals surface area contributed by atoms with Crippen molar-refractivity contribution in [2.45, 2.75) is 20.8 Å². The zero-order chi connectivity index (χ0) is 10.0. The third-order valence-electron chi connectivity index (χ3n) is 1.82. The summed E-state index contributed by atoms with van der Waals surface area (Å²) in [5.41, 5.74) is 6.57. The molecule has 0 aromatic heterocycles. The summed E-state index contributed by atoms with van der Waals surface area (Å²) in [5.74, 6) is 0. The molecule has 1 aromatic rings. The molecule has 0 saturated heterocycles. The summed E-state index contributed by atoms with van der Waals surface area (Å²) in [6, 6.07) is 3.77. The van der Waals surface area contributed by atoms with Gasteiger partial charge in [0.05, 0.1) is 0 Å². The fraction of sp³-hybridized carbons (Fsp3) is 0.333. The van der Waals surface area contributed by atoms with Crippen LogP contribution < -0.4 is 17.0 Å². The molecule has 0 unspecified atom stereocenters. The first kappa shape index (κ1) is 17.1. The Morgan fingerprint density at radius 3 is 1.93 bits per heavy atom. The molecule has 0 spiro atoms. The molecule has 78 valence electrons. The van der Waals surface area contributed by atoms with Gasteiger partial charge in [-0.05, 0) is 25.8 Å². The van der Waals surface area contributed by atoms with Crippen molar-refractivity contribution in [3.63, 3.8) is 0 Å². The van der Waals surface area contributed by atoms with Gasteiger partial charge in [0.15, 0.2) is 0 Å². The monoisotopic (exact) mass is 282 g/mol. The topological polar surface area (TPSA) is 57.2 Å². The Bertz CT molecular complexity index is 335. The molecule has 15 heavy (non-hydrogen) atoms. The summed E-state index contributed by atoms with van der Waals surface area (Å²) in [5, 5.41) is 9.53. The van der Waals surface area contributed by atoms with Gasteiger partial charge in [-0.1, -0.05) is 34.5 Å². The minimum atomic E-state index is -0.662. The molecule has 0 aliphatic heterocycles. The average Bonchev–Trinajstić information content (AvgIpc) is 1.96. The summed E-state index contributed by atoms with van der Waals surface area (Å²) < 4.78 is 0. The van der Waals surface area contributed by atoms with Gasteiger partial charge in [0.2, 0.25) is 0 Å². The van der Waals surface area contributed by atoms with E-state index in [-0.39, 0.29) is 40.0 Å². The van der Waals surface area contributed by atoms with E-state index in [1.807, 2.05) is 32.9 Å². The van der Waals surface area contributed by atoms with Crippen molar-refractivity contribution in [1.29, 1.82) is 0 Å². The molecule has 0 bridgehead atoms. The van der Waals surface area contributed by atoms with Crippen LogP contribution >= 0.6 is 0 Å². The Labute approximate surface area is 115 Å². The third kappa shape index (κ3) is 4.81. The van der Waals surface area contributed by atoms with Gasteiger partial charge in [-0.15, -0.1) is 0 Å². The zero-order valence-corrected chi connectivity index (χ0v) is 12.0. The number of nitro groups is 1. The first-order chi connectivity index (χ1) is 6.00. The largest absolute Gasteiger partial charge is 2.00 e. The number of aryl methyl sites for hydroxylation is 3. The Balaban J connectivity index is 0. The molecule has 0 radical (unpaired) electrons. The molecule has 0 saturated carbocycles. The van der Waals surface area contributed by atoms with E-state index < -0.39 is 5.03 Å². The Kier molecular flexibility index (Phi) is 8.00. The maximum Gasteiger partial charge on any atom is 2.00 e.